The summed E-state index contributed by atoms with van der Waals surface area (Å²) in [5.41, 5.74) is 1.92. The summed E-state index contributed by atoms with van der Waals surface area (Å²) in [6.45, 7) is 3.56. The zero-order valence-corrected chi connectivity index (χ0v) is 15.3. The van der Waals surface area contributed by atoms with Gasteiger partial charge in [0.1, 0.15) is 6.61 Å². The molecule has 27 heavy (non-hydrogen) atoms. The van der Waals surface area contributed by atoms with Crippen molar-refractivity contribution in [1.82, 2.24) is 5.32 Å². The number of ether oxygens (including phenoxy) is 1. The fourth-order valence-corrected chi connectivity index (χ4v) is 2.62. The highest BCUT2D eigenvalue weighted by atomic mass is 16.5. The predicted molar refractivity (Wildman–Crippen MR) is 104 cm³/mol. The van der Waals surface area contributed by atoms with Crippen LogP contribution in [0.2, 0.25) is 0 Å². The van der Waals surface area contributed by atoms with Gasteiger partial charge in [-0.15, -0.1) is 0 Å². The van der Waals surface area contributed by atoms with Crippen LogP contribution in [0.25, 0.3) is 0 Å². The first-order chi connectivity index (χ1) is 13.0. The molecule has 5 nitrogen and oxygen atoms in total. The molecule has 0 saturated heterocycles. The van der Waals surface area contributed by atoms with Crippen LogP contribution in [0.4, 0.5) is 4.79 Å². The maximum absolute atomic E-state index is 12.6. The van der Waals surface area contributed by atoms with E-state index in [1.165, 1.54) is 0 Å². The number of aryl methyl sites for hydroxylation is 1. The summed E-state index contributed by atoms with van der Waals surface area (Å²) in [6.07, 6.45) is 0.757. The van der Waals surface area contributed by atoms with Crippen LogP contribution in [0.3, 0.4) is 0 Å². The first kappa shape index (κ1) is 20.2. The quantitative estimate of drug-likeness (QED) is 0.613. The van der Waals surface area contributed by atoms with Crippen LogP contribution >= 0.6 is 0 Å². The first-order valence-corrected chi connectivity index (χ1v) is 8.95. The first-order valence-electron chi connectivity index (χ1n) is 8.95. The number of benzene rings is 2. The van der Waals surface area contributed by atoms with Gasteiger partial charge in [0.25, 0.3) is 0 Å². The largest absolute Gasteiger partial charge is 0.513 e. The molecule has 1 amide bonds. The fourth-order valence-electron chi connectivity index (χ4n) is 2.62. The van der Waals surface area contributed by atoms with Gasteiger partial charge in [-0.3, -0.25) is 4.79 Å². The molecule has 2 N–H and O–H groups in total. The molecule has 2 aromatic carbocycles. The lowest BCUT2D eigenvalue weighted by molar-refractivity contribution is -0.121. The van der Waals surface area contributed by atoms with Gasteiger partial charge in [-0.2, -0.15) is 0 Å². The third-order valence-corrected chi connectivity index (χ3v) is 4.12. The fraction of sp³-hybridized carbons (Fsp3) is 0.273. The zero-order chi connectivity index (χ0) is 19.5. The monoisotopic (exact) mass is 367 g/mol. The number of aliphatic hydroxyl groups is 1. The predicted octanol–water partition coefficient (Wildman–Crippen LogP) is 4.34. The van der Waals surface area contributed by atoms with Crippen LogP contribution in [0.15, 0.2) is 73.0 Å². The maximum atomic E-state index is 12.6. The highest BCUT2D eigenvalue weighted by molar-refractivity contribution is 5.87. The minimum Gasteiger partial charge on any atom is -0.513 e. The number of Topliss-reactive ketones (excluding diaryl/α,β-unsaturated/α-hetero) is 1. The van der Waals surface area contributed by atoms with Crippen molar-refractivity contribution in [1.29, 1.82) is 0 Å². The molecule has 0 radical (unpaired) electrons. The zero-order valence-electron chi connectivity index (χ0n) is 15.3. The normalized spacial score (nSPS) is 11.4. The van der Waals surface area contributed by atoms with Gasteiger partial charge in [0, 0.05) is 12.8 Å². The number of hydrogen-bond acceptors (Lipinski definition) is 4. The Bertz CT molecular complexity index is 743. The standard InChI is InChI=1S/C22H25NO4/c1-17(24)12-14-20(21(25)15-13-18-8-4-2-5-9-18)23-22(26)27-16-19-10-6-3-7-11-19/h2-11,20,24H,1,12-16H2,(H,23,26). The molecule has 142 valence electrons. The molecule has 0 bridgehead atoms. The second-order valence-electron chi connectivity index (χ2n) is 6.32. The molecule has 0 aromatic heterocycles. The Morgan fingerprint density at radius 2 is 1.56 bits per heavy atom. The molecule has 1 unspecified atom stereocenters. The second-order valence-corrected chi connectivity index (χ2v) is 6.32. The number of aliphatic hydroxyl groups excluding tert-OH is 1. The smallest absolute Gasteiger partial charge is 0.408 e. The van der Waals surface area contributed by atoms with E-state index in [9.17, 15) is 14.7 Å². The molecule has 5 heteroatoms. The number of amides is 1. The second kappa shape index (κ2) is 10.8. The molecule has 0 saturated carbocycles. The minimum atomic E-state index is -0.721. The molecular formula is C22H25NO4. The van der Waals surface area contributed by atoms with Crippen LogP contribution in [0, 0.1) is 0 Å². The third-order valence-electron chi connectivity index (χ3n) is 4.12. The van der Waals surface area contributed by atoms with E-state index in [1.807, 2.05) is 60.7 Å². The van der Waals surface area contributed by atoms with E-state index in [0.717, 1.165) is 11.1 Å². The number of carbonyl (C=O) groups excluding carboxylic acids is 2. The number of nitrogens with one attached hydrogen (secondary N) is 1. The van der Waals surface area contributed by atoms with Crippen molar-refractivity contribution in [3.05, 3.63) is 84.1 Å². The van der Waals surface area contributed by atoms with Crippen molar-refractivity contribution < 1.29 is 19.4 Å². The van der Waals surface area contributed by atoms with Crippen molar-refractivity contribution in [2.75, 3.05) is 0 Å². The molecular weight excluding hydrogens is 342 g/mol. The Morgan fingerprint density at radius 3 is 2.15 bits per heavy atom. The highest BCUT2D eigenvalue weighted by Crippen LogP contribution is 2.10. The molecule has 0 aliphatic rings. The van der Waals surface area contributed by atoms with Gasteiger partial charge >= 0.3 is 6.09 Å². The molecule has 2 rings (SSSR count). The number of allylic oxidation sites excluding steroid dienone is 1. The van der Waals surface area contributed by atoms with E-state index < -0.39 is 12.1 Å². The van der Waals surface area contributed by atoms with Crippen LogP contribution in [-0.4, -0.2) is 23.0 Å². The summed E-state index contributed by atoms with van der Waals surface area (Å²) in [5.74, 6) is -0.118. The van der Waals surface area contributed by atoms with Crippen LogP contribution < -0.4 is 5.32 Å². The SMILES string of the molecule is C=C(O)CCC(NC(=O)OCc1ccccc1)C(=O)CCc1ccccc1. The highest BCUT2D eigenvalue weighted by Gasteiger charge is 2.21. The number of rotatable bonds is 10. The summed E-state index contributed by atoms with van der Waals surface area (Å²) in [7, 11) is 0. The van der Waals surface area contributed by atoms with Crippen LogP contribution in [0.5, 0.6) is 0 Å². The van der Waals surface area contributed by atoms with E-state index in [-0.39, 0.29) is 31.0 Å². The lowest BCUT2D eigenvalue weighted by atomic mass is 10.00. The van der Waals surface area contributed by atoms with Gasteiger partial charge in [0.15, 0.2) is 5.78 Å². The van der Waals surface area contributed by atoms with Gasteiger partial charge in [-0.1, -0.05) is 67.2 Å². The van der Waals surface area contributed by atoms with Crippen LogP contribution in [-0.2, 0) is 22.6 Å². The number of ketones is 1. The Balaban J connectivity index is 1.88. The average molecular weight is 367 g/mol. The van der Waals surface area contributed by atoms with E-state index in [1.54, 1.807) is 0 Å². The molecule has 0 aliphatic carbocycles. The van der Waals surface area contributed by atoms with Gasteiger partial charge in [-0.05, 0) is 24.0 Å². The molecule has 0 fully saturated rings. The van der Waals surface area contributed by atoms with Crippen molar-refractivity contribution in [3.63, 3.8) is 0 Å². The molecule has 1 atom stereocenters. The molecule has 0 aliphatic heterocycles. The number of alkyl carbamates (subject to hydrolysis) is 1. The summed E-state index contributed by atoms with van der Waals surface area (Å²) in [6, 6.07) is 18.3. The van der Waals surface area contributed by atoms with Crippen molar-refractivity contribution in [3.8, 4) is 0 Å². The summed E-state index contributed by atoms with van der Waals surface area (Å²) < 4.78 is 5.19. The van der Waals surface area contributed by atoms with E-state index in [2.05, 4.69) is 11.9 Å². The van der Waals surface area contributed by atoms with Crippen molar-refractivity contribution in [2.45, 2.75) is 38.3 Å². The maximum Gasteiger partial charge on any atom is 0.408 e. The topological polar surface area (TPSA) is 75.6 Å². The number of carbonyl (C=O) groups is 2. The van der Waals surface area contributed by atoms with Crippen LogP contribution in [0.1, 0.15) is 30.4 Å². The Labute approximate surface area is 159 Å². The van der Waals surface area contributed by atoms with Gasteiger partial charge < -0.3 is 15.2 Å². The molecule has 0 spiro atoms. The summed E-state index contributed by atoms with van der Waals surface area (Å²) in [5, 5.41) is 11.9. The van der Waals surface area contributed by atoms with Gasteiger partial charge in [0.05, 0.1) is 11.8 Å². The molecule has 2 aromatic rings. The van der Waals surface area contributed by atoms with Gasteiger partial charge in [-0.25, -0.2) is 4.79 Å². The number of hydrogen-bond donors (Lipinski definition) is 2. The lowest BCUT2D eigenvalue weighted by Gasteiger charge is -2.17. The Hall–Kier alpha value is -3.08. The minimum absolute atomic E-state index is 0.0182. The average Bonchev–Trinajstić information content (AvgIpc) is 2.69. The Kier molecular flexibility index (Phi) is 8.10. The van der Waals surface area contributed by atoms with E-state index >= 15 is 0 Å². The summed E-state index contributed by atoms with van der Waals surface area (Å²) >= 11 is 0. The van der Waals surface area contributed by atoms with Crippen molar-refractivity contribution in [2.24, 2.45) is 0 Å². The lowest BCUT2D eigenvalue weighted by Crippen LogP contribution is -2.41. The Morgan fingerprint density at radius 1 is 0.963 bits per heavy atom. The van der Waals surface area contributed by atoms with Crippen molar-refractivity contribution >= 4 is 11.9 Å². The van der Waals surface area contributed by atoms with E-state index in [4.69, 9.17) is 4.74 Å². The van der Waals surface area contributed by atoms with E-state index in [0.29, 0.717) is 12.8 Å². The molecule has 0 heterocycles. The van der Waals surface area contributed by atoms with Gasteiger partial charge in [0.2, 0.25) is 0 Å². The summed E-state index contributed by atoms with van der Waals surface area (Å²) in [4.78, 5) is 24.6. The third kappa shape index (κ3) is 7.77.